The van der Waals surface area contributed by atoms with E-state index in [0.717, 1.165) is 16.3 Å². The summed E-state index contributed by atoms with van der Waals surface area (Å²) < 4.78 is 0. The number of nitrogens with one attached hydrogen (secondary N) is 1. The van der Waals surface area contributed by atoms with E-state index >= 15 is 0 Å². The van der Waals surface area contributed by atoms with Crippen LogP contribution in [0.4, 0.5) is 10.8 Å². The van der Waals surface area contributed by atoms with Crippen molar-refractivity contribution in [3.8, 4) is 0 Å². The van der Waals surface area contributed by atoms with E-state index in [1.54, 1.807) is 0 Å². The fourth-order valence-electron chi connectivity index (χ4n) is 3.81. The lowest BCUT2D eigenvalue weighted by molar-refractivity contribution is -0.117. The van der Waals surface area contributed by atoms with Crippen molar-refractivity contribution in [2.24, 2.45) is 0 Å². The molecule has 1 fully saturated rings. The molecule has 2 heterocycles. The fourth-order valence-corrected chi connectivity index (χ4v) is 4.66. The van der Waals surface area contributed by atoms with Gasteiger partial charge in [-0.05, 0) is 48.6 Å². The summed E-state index contributed by atoms with van der Waals surface area (Å²) in [7, 11) is 0. The molecule has 1 N–H and O–H groups in total. The van der Waals surface area contributed by atoms with E-state index in [2.05, 4.69) is 35.4 Å². The molecule has 31 heavy (non-hydrogen) atoms. The molecule has 0 spiro atoms. The van der Waals surface area contributed by atoms with Gasteiger partial charge >= 0.3 is 0 Å². The molecule has 2 amide bonds. The number of hydrogen-bond acceptors (Lipinski definition) is 5. The van der Waals surface area contributed by atoms with Crippen LogP contribution in [0.2, 0.25) is 0 Å². The van der Waals surface area contributed by atoms with Crippen LogP contribution in [-0.2, 0) is 9.59 Å². The maximum absolute atomic E-state index is 12.6. The summed E-state index contributed by atoms with van der Waals surface area (Å²) in [5, 5.41) is 12.5. The van der Waals surface area contributed by atoms with E-state index in [1.807, 2.05) is 54.3 Å². The van der Waals surface area contributed by atoms with Crippen LogP contribution in [0.25, 0.3) is 0 Å². The normalized spacial score (nSPS) is 17.1. The molecule has 1 aliphatic rings. The van der Waals surface area contributed by atoms with Crippen LogP contribution in [0.1, 0.15) is 53.3 Å². The Morgan fingerprint density at radius 3 is 2.68 bits per heavy atom. The fraction of sp³-hybridized carbons (Fsp3) is 0.333. The summed E-state index contributed by atoms with van der Waals surface area (Å²) in [6, 6.07) is 16.1. The Kier molecular flexibility index (Phi) is 6.13. The van der Waals surface area contributed by atoms with Crippen LogP contribution >= 0.6 is 11.3 Å². The number of aryl methyl sites for hydroxylation is 2. The highest BCUT2D eigenvalue weighted by Crippen LogP contribution is 2.35. The number of hydrogen-bond donors (Lipinski definition) is 1. The Bertz CT molecular complexity index is 1100. The van der Waals surface area contributed by atoms with Crippen LogP contribution in [0.3, 0.4) is 0 Å². The van der Waals surface area contributed by atoms with Crippen LogP contribution in [0.5, 0.6) is 0 Å². The van der Waals surface area contributed by atoms with Gasteiger partial charge in [0.2, 0.25) is 16.9 Å². The second kappa shape index (κ2) is 8.98. The molecular formula is C24H26N4O2S. The molecule has 0 radical (unpaired) electrons. The van der Waals surface area contributed by atoms with Gasteiger partial charge in [-0.15, -0.1) is 10.2 Å². The van der Waals surface area contributed by atoms with Gasteiger partial charge in [0.25, 0.3) is 0 Å². The first-order chi connectivity index (χ1) is 14.9. The van der Waals surface area contributed by atoms with Gasteiger partial charge in [0.05, 0.1) is 0 Å². The molecule has 7 heteroatoms. The summed E-state index contributed by atoms with van der Waals surface area (Å²) in [5.41, 5.74) is 4.42. The first kappa shape index (κ1) is 21.2. The lowest BCUT2D eigenvalue weighted by atomic mass is 9.98. The molecule has 160 valence electrons. The summed E-state index contributed by atoms with van der Waals surface area (Å²) in [6.45, 7) is 6.72. The SMILES string of the molecule is Cc1ccc(N2CC(c3nnc(NC(=O)CC(C)c4ccccc4)s3)CC2=O)cc1C. The van der Waals surface area contributed by atoms with Gasteiger partial charge in [-0.25, -0.2) is 0 Å². The highest BCUT2D eigenvalue weighted by atomic mass is 32.1. The lowest BCUT2D eigenvalue weighted by Crippen LogP contribution is -2.24. The van der Waals surface area contributed by atoms with Gasteiger partial charge in [0, 0.05) is 31.0 Å². The summed E-state index contributed by atoms with van der Waals surface area (Å²) in [6.07, 6.45) is 0.780. The molecule has 2 atom stereocenters. The van der Waals surface area contributed by atoms with E-state index in [1.165, 1.54) is 22.5 Å². The molecule has 4 rings (SSSR count). The number of benzene rings is 2. The van der Waals surface area contributed by atoms with Crippen LogP contribution in [0, 0.1) is 13.8 Å². The van der Waals surface area contributed by atoms with Crippen LogP contribution in [-0.4, -0.2) is 28.6 Å². The van der Waals surface area contributed by atoms with E-state index in [0.29, 0.717) is 24.5 Å². The third-order valence-electron chi connectivity index (χ3n) is 5.82. The van der Waals surface area contributed by atoms with Crippen molar-refractivity contribution in [1.29, 1.82) is 0 Å². The molecule has 2 unspecified atom stereocenters. The van der Waals surface area contributed by atoms with Crippen molar-refractivity contribution in [2.75, 3.05) is 16.8 Å². The van der Waals surface area contributed by atoms with Gasteiger partial charge in [-0.1, -0.05) is 54.7 Å². The number of amides is 2. The van der Waals surface area contributed by atoms with Crippen LogP contribution < -0.4 is 10.2 Å². The zero-order valence-electron chi connectivity index (χ0n) is 18.0. The summed E-state index contributed by atoms with van der Waals surface area (Å²) in [4.78, 5) is 26.9. The molecule has 0 bridgehead atoms. The molecular weight excluding hydrogens is 408 g/mol. The van der Waals surface area contributed by atoms with E-state index in [4.69, 9.17) is 0 Å². The number of carbonyl (C=O) groups is 2. The lowest BCUT2D eigenvalue weighted by Gasteiger charge is -2.17. The molecule has 6 nitrogen and oxygen atoms in total. The number of rotatable bonds is 6. The predicted octanol–water partition coefficient (Wildman–Crippen LogP) is 4.81. The molecule has 3 aromatic rings. The minimum atomic E-state index is -0.0849. The number of carbonyl (C=O) groups excluding carboxylic acids is 2. The monoisotopic (exact) mass is 434 g/mol. The largest absolute Gasteiger partial charge is 0.312 e. The summed E-state index contributed by atoms with van der Waals surface area (Å²) in [5.74, 6) is 0.108. The Labute approximate surface area is 186 Å². The topological polar surface area (TPSA) is 75.2 Å². The average molecular weight is 435 g/mol. The van der Waals surface area contributed by atoms with Gasteiger partial charge in [-0.3, -0.25) is 9.59 Å². The quantitative estimate of drug-likeness (QED) is 0.604. The predicted molar refractivity (Wildman–Crippen MR) is 124 cm³/mol. The highest BCUT2D eigenvalue weighted by Gasteiger charge is 2.34. The first-order valence-corrected chi connectivity index (χ1v) is 11.3. The third kappa shape index (κ3) is 4.82. The van der Waals surface area contributed by atoms with Crippen molar-refractivity contribution >= 4 is 34.0 Å². The molecule has 1 aromatic heterocycles. The second-order valence-corrected chi connectivity index (χ2v) is 9.19. The van der Waals surface area contributed by atoms with Crippen molar-refractivity contribution in [1.82, 2.24) is 10.2 Å². The minimum absolute atomic E-state index is 0.0134. The highest BCUT2D eigenvalue weighted by molar-refractivity contribution is 7.15. The molecule has 0 saturated carbocycles. The number of aromatic nitrogens is 2. The van der Waals surface area contributed by atoms with Gasteiger partial charge in [-0.2, -0.15) is 0 Å². The molecule has 2 aromatic carbocycles. The smallest absolute Gasteiger partial charge is 0.227 e. The van der Waals surface area contributed by atoms with Gasteiger partial charge in [0.15, 0.2) is 0 Å². The average Bonchev–Trinajstić information content (AvgIpc) is 3.37. The van der Waals surface area contributed by atoms with E-state index in [-0.39, 0.29) is 23.7 Å². The number of nitrogens with zero attached hydrogens (tertiary/aromatic N) is 3. The van der Waals surface area contributed by atoms with Crippen molar-refractivity contribution in [2.45, 2.75) is 45.4 Å². The second-order valence-electron chi connectivity index (χ2n) is 8.18. The summed E-state index contributed by atoms with van der Waals surface area (Å²) >= 11 is 1.35. The molecule has 0 aliphatic carbocycles. The third-order valence-corrected chi connectivity index (χ3v) is 6.82. The van der Waals surface area contributed by atoms with Crippen molar-refractivity contribution in [3.63, 3.8) is 0 Å². The van der Waals surface area contributed by atoms with Crippen molar-refractivity contribution < 1.29 is 9.59 Å². The first-order valence-electron chi connectivity index (χ1n) is 10.5. The Morgan fingerprint density at radius 1 is 1.16 bits per heavy atom. The van der Waals surface area contributed by atoms with Gasteiger partial charge in [0.1, 0.15) is 5.01 Å². The van der Waals surface area contributed by atoms with E-state index < -0.39 is 0 Å². The Hall–Kier alpha value is -3.06. The molecule has 1 aliphatic heterocycles. The standard InChI is InChI=1S/C24H26N4O2S/c1-15-9-10-20(11-16(15)2)28-14-19(13-22(28)30)23-26-27-24(31-23)25-21(29)12-17(3)18-7-5-4-6-8-18/h4-11,17,19H,12-14H2,1-3H3,(H,25,27,29). The Balaban J connectivity index is 1.38. The van der Waals surface area contributed by atoms with E-state index in [9.17, 15) is 9.59 Å². The van der Waals surface area contributed by atoms with Crippen molar-refractivity contribution in [3.05, 3.63) is 70.2 Å². The number of anilines is 2. The minimum Gasteiger partial charge on any atom is -0.312 e. The maximum Gasteiger partial charge on any atom is 0.227 e. The Morgan fingerprint density at radius 2 is 1.94 bits per heavy atom. The maximum atomic E-state index is 12.6. The van der Waals surface area contributed by atoms with Gasteiger partial charge < -0.3 is 10.2 Å². The zero-order chi connectivity index (χ0) is 22.0. The molecule has 1 saturated heterocycles. The van der Waals surface area contributed by atoms with Crippen LogP contribution in [0.15, 0.2) is 48.5 Å². The zero-order valence-corrected chi connectivity index (χ0v) is 18.8.